The molecule has 3 aliphatic heterocycles. The zero-order valence-corrected chi connectivity index (χ0v) is 29.4. The van der Waals surface area contributed by atoms with Crippen LogP contribution in [0.15, 0.2) is 11.6 Å². The third-order valence-electron chi connectivity index (χ3n) is 14.7. The van der Waals surface area contributed by atoms with Gasteiger partial charge in [-0.1, -0.05) is 39.3 Å². The topological polar surface area (TPSA) is 173 Å². The third kappa shape index (κ3) is 5.53. The van der Waals surface area contributed by atoms with Crippen LogP contribution in [0.3, 0.4) is 0 Å². The number of amides is 1. The molecule has 3 heterocycles. The van der Waals surface area contributed by atoms with Crippen molar-refractivity contribution in [3.8, 4) is 0 Å². The number of ether oxygens (including phenoxy) is 4. The van der Waals surface area contributed by atoms with Crippen molar-refractivity contribution in [1.29, 1.82) is 0 Å². The van der Waals surface area contributed by atoms with E-state index in [2.05, 4.69) is 39.1 Å². The summed E-state index contributed by atoms with van der Waals surface area (Å²) in [7, 11) is 0. The molecule has 0 unspecified atom stereocenters. The van der Waals surface area contributed by atoms with Gasteiger partial charge in [0, 0.05) is 12.3 Å². The highest BCUT2D eigenvalue weighted by molar-refractivity contribution is 5.82. The number of hydrogen-bond donors (Lipinski definition) is 6. The van der Waals surface area contributed by atoms with Crippen LogP contribution in [0, 0.1) is 46.3 Å². The van der Waals surface area contributed by atoms with E-state index < -0.39 is 61.1 Å². The van der Waals surface area contributed by atoms with E-state index in [1.807, 2.05) is 0 Å². The zero-order valence-electron chi connectivity index (χ0n) is 29.4. The van der Waals surface area contributed by atoms with Crippen molar-refractivity contribution in [2.75, 3.05) is 13.2 Å². The second-order valence-corrected chi connectivity index (χ2v) is 17.3. The van der Waals surface area contributed by atoms with Crippen LogP contribution >= 0.6 is 0 Å². The maximum Gasteiger partial charge on any atom is 0.240 e. The van der Waals surface area contributed by atoms with Gasteiger partial charge in [0.15, 0.2) is 12.1 Å². The van der Waals surface area contributed by atoms with Crippen molar-refractivity contribution in [2.24, 2.45) is 52.1 Å². The SMILES string of the molecule is C[C@@H]1CC[C@@]2(OC1)O[C@H]1C[C@H]3[C@@H]4CC=C5C[C@@H](O[C@@H]6O[C@H](CO)[C@@H](O)[C@H](O)[C@H]6NC(=O)[C@@H](N)[C@@H](C)O)CC[C@]5(C)[C@H]4CC[C@]3(C)[C@H]1[C@@H]2C. The molecule has 0 aromatic rings. The van der Waals surface area contributed by atoms with Crippen molar-refractivity contribution in [1.82, 2.24) is 5.32 Å². The van der Waals surface area contributed by atoms with Crippen LogP contribution in [0.2, 0.25) is 0 Å². The summed E-state index contributed by atoms with van der Waals surface area (Å²) in [5, 5.41) is 43.8. The zero-order chi connectivity index (χ0) is 34.3. The molecule has 272 valence electrons. The molecule has 7 aliphatic rings. The number of nitrogens with one attached hydrogen (secondary N) is 1. The fourth-order valence-corrected chi connectivity index (χ4v) is 11.8. The number of aliphatic hydroxyl groups is 4. The molecule has 7 N–H and O–H groups in total. The normalized spacial score (nSPS) is 52.8. The molecule has 11 nitrogen and oxygen atoms in total. The summed E-state index contributed by atoms with van der Waals surface area (Å²) in [6.07, 6.45) is 5.66. The van der Waals surface area contributed by atoms with E-state index in [1.165, 1.54) is 31.8 Å². The highest BCUT2D eigenvalue weighted by Crippen LogP contribution is 2.70. The number of fused-ring (bicyclic) bond motifs is 7. The molecule has 0 bridgehead atoms. The highest BCUT2D eigenvalue weighted by Gasteiger charge is 2.68. The Morgan fingerprint density at radius 3 is 2.58 bits per heavy atom. The second-order valence-electron chi connectivity index (χ2n) is 17.3. The first-order valence-electron chi connectivity index (χ1n) is 18.8. The van der Waals surface area contributed by atoms with Gasteiger partial charge in [-0.2, -0.15) is 0 Å². The van der Waals surface area contributed by atoms with Crippen LogP contribution in [0.4, 0.5) is 0 Å². The number of allylic oxidation sites excluding steroid dienone is 1. The molecule has 11 heteroatoms. The van der Waals surface area contributed by atoms with E-state index in [-0.39, 0.29) is 23.0 Å². The fourth-order valence-electron chi connectivity index (χ4n) is 11.8. The summed E-state index contributed by atoms with van der Waals surface area (Å²) >= 11 is 0. The summed E-state index contributed by atoms with van der Waals surface area (Å²) in [6, 6.07) is -2.35. The van der Waals surface area contributed by atoms with Gasteiger partial charge in [-0.05, 0) is 98.7 Å². The number of carbonyl (C=O) groups excluding carboxylic acids is 1. The number of hydrogen-bond acceptors (Lipinski definition) is 10. The second kappa shape index (κ2) is 12.8. The molecule has 3 saturated carbocycles. The molecule has 48 heavy (non-hydrogen) atoms. The van der Waals surface area contributed by atoms with Crippen LogP contribution in [0.25, 0.3) is 0 Å². The molecule has 0 aromatic carbocycles. The van der Waals surface area contributed by atoms with E-state index in [1.54, 1.807) is 0 Å². The lowest BCUT2D eigenvalue weighted by Gasteiger charge is -2.58. The van der Waals surface area contributed by atoms with Crippen LogP contribution in [0.5, 0.6) is 0 Å². The smallest absolute Gasteiger partial charge is 0.240 e. The number of nitrogens with two attached hydrogens (primary N) is 1. The van der Waals surface area contributed by atoms with E-state index in [0.717, 1.165) is 45.1 Å². The van der Waals surface area contributed by atoms with E-state index in [9.17, 15) is 25.2 Å². The number of rotatable bonds is 6. The Bertz CT molecular complexity index is 1240. The van der Waals surface area contributed by atoms with Crippen LogP contribution in [0.1, 0.15) is 92.4 Å². The van der Waals surface area contributed by atoms with Gasteiger partial charge < -0.3 is 50.4 Å². The molecular weight excluding hydrogens is 616 g/mol. The minimum absolute atomic E-state index is 0.0759. The Morgan fingerprint density at radius 1 is 1.12 bits per heavy atom. The monoisotopic (exact) mass is 676 g/mol. The maximum absolute atomic E-state index is 12.8. The molecule has 0 aromatic heterocycles. The van der Waals surface area contributed by atoms with E-state index in [0.29, 0.717) is 35.5 Å². The summed E-state index contributed by atoms with van der Waals surface area (Å²) in [6.45, 7) is 11.4. The molecule has 18 atom stereocenters. The molecule has 1 amide bonds. The molecular formula is C37H60N2O9. The van der Waals surface area contributed by atoms with Crippen LogP contribution < -0.4 is 11.1 Å². The van der Waals surface area contributed by atoms with Crippen molar-refractivity contribution in [3.63, 3.8) is 0 Å². The lowest BCUT2D eigenvalue weighted by atomic mass is 9.47. The van der Waals surface area contributed by atoms with Gasteiger partial charge in [0.1, 0.15) is 30.4 Å². The Kier molecular flexibility index (Phi) is 9.41. The van der Waals surface area contributed by atoms with Crippen molar-refractivity contribution >= 4 is 5.91 Å². The average molecular weight is 677 g/mol. The van der Waals surface area contributed by atoms with Gasteiger partial charge >= 0.3 is 0 Å². The summed E-state index contributed by atoms with van der Waals surface area (Å²) in [5.41, 5.74) is 7.60. The van der Waals surface area contributed by atoms with Crippen molar-refractivity contribution in [2.45, 2.75) is 153 Å². The Morgan fingerprint density at radius 2 is 1.90 bits per heavy atom. The molecule has 4 aliphatic carbocycles. The first-order chi connectivity index (χ1) is 22.7. The largest absolute Gasteiger partial charge is 0.394 e. The molecule has 6 fully saturated rings. The third-order valence-corrected chi connectivity index (χ3v) is 14.7. The Labute approximate surface area is 285 Å². The number of carbonyl (C=O) groups is 1. The quantitative estimate of drug-likeness (QED) is 0.230. The lowest BCUT2D eigenvalue weighted by molar-refractivity contribution is -0.284. The van der Waals surface area contributed by atoms with Crippen molar-refractivity contribution < 1.29 is 44.2 Å². The Hall–Kier alpha value is -1.15. The van der Waals surface area contributed by atoms with Crippen LogP contribution in [-0.4, -0.2) is 100 Å². The minimum Gasteiger partial charge on any atom is -0.394 e. The predicted octanol–water partition coefficient (Wildman–Crippen LogP) is 2.37. The van der Waals surface area contributed by atoms with Crippen LogP contribution in [-0.2, 0) is 23.7 Å². The van der Waals surface area contributed by atoms with Gasteiger partial charge in [0.25, 0.3) is 0 Å². The first-order valence-corrected chi connectivity index (χ1v) is 18.8. The van der Waals surface area contributed by atoms with E-state index in [4.69, 9.17) is 24.7 Å². The summed E-state index contributed by atoms with van der Waals surface area (Å²) in [4.78, 5) is 12.8. The first kappa shape index (κ1) is 35.3. The van der Waals surface area contributed by atoms with Gasteiger partial charge in [-0.25, -0.2) is 0 Å². The lowest BCUT2D eigenvalue weighted by Crippen LogP contribution is -2.67. The van der Waals surface area contributed by atoms with Gasteiger partial charge in [0.05, 0.1) is 31.5 Å². The summed E-state index contributed by atoms with van der Waals surface area (Å²) in [5.74, 6) is 2.32. The average Bonchev–Trinajstić information content (AvgIpc) is 3.50. The number of aliphatic hydroxyl groups excluding tert-OH is 4. The van der Waals surface area contributed by atoms with Gasteiger partial charge in [0.2, 0.25) is 5.91 Å². The fraction of sp³-hybridized carbons (Fsp3) is 0.919. The molecule has 3 saturated heterocycles. The molecule has 7 rings (SSSR count). The van der Waals surface area contributed by atoms with Crippen molar-refractivity contribution in [3.05, 3.63) is 11.6 Å². The maximum atomic E-state index is 12.8. The minimum atomic E-state index is -1.45. The summed E-state index contributed by atoms with van der Waals surface area (Å²) < 4.78 is 25.9. The molecule has 0 radical (unpaired) electrons. The standard InChI is InChI=1S/C37H60N2O9/c1-18-8-13-37(45-17-18)19(2)28-26(48-37)15-25-23-7-6-21-14-22(9-11-35(21,4)24(23)10-12-36(25,28)5)46-34-30(39-33(44)29(38)20(3)41)32(43)31(42)27(16-40)47-34/h6,18-20,22-32,34,40-43H,7-17,38H2,1-5H3,(H,39,44)/t18-,19+,20-,22+,23-,24+,25+,26+,27-,28+,29+,30-,31-,32-,34-,35+,36+,37-/m1/s1. The predicted molar refractivity (Wildman–Crippen MR) is 176 cm³/mol. The molecule has 1 spiro atoms. The Balaban J connectivity index is 1.05. The van der Waals surface area contributed by atoms with Gasteiger partial charge in [-0.3, -0.25) is 4.79 Å². The van der Waals surface area contributed by atoms with Gasteiger partial charge in [-0.15, -0.1) is 0 Å². The van der Waals surface area contributed by atoms with E-state index >= 15 is 0 Å². The highest BCUT2D eigenvalue weighted by atomic mass is 16.7.